The van der Waals surface area contributed by atoms with Crippen LogP contribution < -0.4 is 15.0 Å². The maximum Gasteiger partial charge on any atom is 0.259 e. The van der Waals surface area contributed by atoms with E-state index in [-0.39, 0.29) is 23.4 Å². The molecular weight excluding hydrogens is 450 g/mol. The Kier molecular flexibility index (Phi) is 7.00. The Bertz CT molecular complexity index is 1260. The van der Waals surface area contributed by atoms with Crippen molar-refractivity contribution in [2.24, 2.45) is 13.0 Å². The molecule has 182 valence electrons. The number of aromatic nitrogens is 1. The Morgan fingerprint density at radius 1 is 1.18 bits per heavy atom. The van der Waals surface area contributed by atoms with Crippen molar-refractivity contribution in [3.05, 3.63) is 45.7 Å². The van der Waals surface area contributed by atoms with Crippen molar-refractivity contribution >= 4 is 27.3 Å². The van der Waals surface area contributed by atoms with Gasteiger partial charge in [-0.2, -0.15) is 0 Å². The molecule has 0 radical (unpaired) electrons. The first-order valence-corrected chi connectivity index (χ1v) is 12.4. The summed E-state index contributed by atoms with van der Waals surface area (Å²) in [6.07, 6.45) is 3.81. The third-order valence-corrected chi connectivity index (χ3v) is 7.98. The number of benzene rings is 1. The highest BCUT2D eigenvalue weighted by atomic mass is 32.1. The second kappa shape index (κ2) is 9.80. The number of pyridine rings is 1. The quantitative estimate of drug-likeness (QED) is 0.531. The standard InChI is InChI=1S/C26H33N3O4S/c1-16-19(25(30)27(2)3)8-7-11-29(16)14-18-13-20-24(34-18)21(15-28(4)26(20)31)17-9-10-22(32-5)23(12-17)33-6/h9-10,12-13,15-16,19H,7-8,11,14H2,1-6H3. The molecule has 0 aliphatic carbocycles. The molecule has 0 spiro atoms. The van der Waals surface area contributed by atoms with Gasteiger partial charge in [-0.3, -0.25) is 14.5 Å². The van der Waals surface area contributed by atoms with Crippen LogP contribution in [0.4, 0.5) is 0 Å². The van der Waals surface area contributed by atoms with Gasteiger partial charge in [-0.25, -0.2) is 0 Å². The minimum Gasteiger partial charge on any atom is -0.493 e. The fourth-order valence-electron chi connectivity index (χ4n) is 4.89. The molecule has 2 atom stereocenters. The number of carbonyl (C=O) groups excluding carboxylic acids is 1. The average Bonchev–Trinajstić information content (AvgIpc) is 3.25. The van der Waals surface area contributed by atoms with Crippen molar-refractivity contribution in [2.75, 3.05) is 34.9 Å². The van der Waals surface area contributed by atoms with Crippen molar-refractivity contribution in [1.82, 2.24) is 14.4 Å². The summed E-state index contributed by atoms with van der Waals surface area (Å²) < 4.78 is 13.5. The maximum atomic E-state index is 13.0. The zero-order chi connectivity index (χ0) is 24.6. The predicted molar refractivity (Wildman–Crippen MR) is 137 cm³/mol. The number of methoxy groups -OCH3 is 2. The number of ether oxygens (including phenoxy) is 2. The van der Waals surface area contributed by atoms with Gasteiger partial charge in [0.1, 0.15) is 0 Å². The SMILES string of the molecule is COc1ccc(-c2cn(C)c(=O)c3cc(CN4CCCC(C(=O)N(C)C)C4C)sc23)cc1OC. The summed E-state index contributed by atoms with van der Waals surface area (Å²) in [6.45, 7) is 3.83. The molecule has 1 aromatic carbocycles. The second-order valence-electron chi connectivity index (χ2n) is 9.18. The minimum absolute atomic E-state index is 0.00548. The maximum absolute atomic E-state index is 13.0. The van der Waals surface area contributed by atoms with Crippen molar-refractivity contribution in [1.29, 1.82) is 0 Å². The molecule has 1 amide bonds. The summed E-state index contributed by atoms with van der Waals surface area (Å²) in [4.78, 5) is 30.9. The molecule has 3 heterocycles. The number of thiophene rings is 1. The predicted octanol–water partition coefficient (Wildman–Crippen LogP) is 3.97. The molecule has 8 heteroatoms. The van der Waals surface area contributed by atoms with Gasteiger partial charge in [0, 0.05) is 55.1 Å². The Hall–Kier alpha value is -2.84. The van der Waals surface area contributed by atoms with Gasteiger partial charge in [-0.1, -0.05) is 6.07 Å². The highest BCUT2D eigenvalue weighted by Gasteiger charge is 2.34. The fraction of sp³-hybridized carbons (Fsp3) is 0.462. The first kappa shape index (κ1) is 24.3. The third kappa shape index (κ3) is 4.44. The normalized spacial score (nSPS) is 18.8. The van der Waals surface area contributed by atoms with Crippen molar-refractivity contribution in [2.45, 2.75) is 32.4 Å². The molecule has 1 fully saturated rings. The molecule has 4 rings (SSSR count). The van der Waals surface area contributed by atoms with Crippen molar-refractivity contribution in [3.63, 3.8) is 0 Å². The van der Waals surface area contributed by atoms with Gasteiger partial charge >= 0.3 is 0 Å². The van der Waals surface area contributed by atoms with Crippen molar-refractivity contribution in [3.8, 4) is 22.6 Å². The van der Waals surface area contributed by atoms with E-state index in [4.69, 9.17) is 9.47 Å². The molecule has 1 saturated heterocycles. The lowest BCUT2D eigenvalue weighted by molar-refractivity contribution is -0.136. The molecule has 7 nitrogen and oxygen atoms in total. The number of hydrogen-bond donors (Lipinski definition) is 0. The van der Waals surface area contributed by atoms with Gasteiger partial charge in [-0.15, -0.1) is 11.3 Å². The Balaban J connectivity index is 1.71. The van der Waals surface area contributed by atoms with Crippen LogP contribution in [0.1, 0.15) is 24.6 Å². The molecule has 3 aromatic rings. The summed E-state index contributed by atoms with van der Waals surface area (Å²) in [5.74, 6) is 1.52. The van der Waals surface area contributed by atoms with E-state index in [1.54, 1.807) is 42.1 Å². The molecule has 2 unspecified atom stereocenters. The first-order valence-electron chi connectivity index (χ1n) is 11.5. The minimum atomic E-state index is -0.00548. The zero-order valence-corrected chi connectivity index (χ0v) is 21.6. The van der Waals surface area contributed by atoms with Crippen LogP contribution in [0.15, 0.2) is 35.3 Å². The highest BCUT2D eigenvalue weighted by Crippen LogP contribution is 2.38. The molecule has 34 heavy (non-hydrogen) atoms. The van der Waals surface area contributed by atoms with Crippen LogP contribution in [0.25, 0.3) is 21.2 Å². The highest BCUT2D eigenvalue weighted by molar-refractivity contribution is 7.19. The number of aryl methyl sites for hydroxylation is 1. The number of amides is 1. The third-order valence-electron chi connectivity index (χ3n) is 6.83. The molecule has 1 aliphatic rings. The zero-order valence-electron chi connectivity index (χ0n) is 20.8. The fourth-order valence-corrected chi connectivity index (χ4v) is 6.09. The number of nitrogens with zero attached hydrogens (tertiary/aromatic N) is 3. The monoisotopic (exact) mass is 483 g/mol. The second-order valence-corrected chi connectivity index (χ2v) is 10.3. The van der Waals surface area contributed by atoms with Crippen LogP contribution in [-0.4, -0.2) is 61.2 Å². The number of carbonyl (C=O) groups is 1. The lowest BCUT2D eigenvalue weighted by Crippen LogP contribution is -2.48. The lowest BCUT2D eigenvalue weighted by Gasteiger charge is -2.39. The van der Waals surface area contributed by atoms with Crippen LogP contribution in [0, 0.1) is 5.92 Å². The van der Waals surface area contributed by atoms with E-state index in [2.05, 4.69) is 11.8 Å². The van der Waals surface area contributed by atoms with E-state index in [1.807, 2.05) is 44.6 Å². The summed E-state index contributed by atoms with van der Waals surface area (Å²) in [5.41, 5.74) is 1.95. The average molecular weight is 484 g/mol. The summed E-state index contributed by atoms with van der Waals surface area (Å²) in [6, 6.07) is 8.00. The van der Waals surface area contributed by atoms with E-state index >= 15 is 0 Å². The van der Waals surface area contributed by atoms with E-state index in [9.17, 15) is 9.59 Å². The summed E-state index contributed by atoms with van der Waals surface area (Å²) in [5, 5.41) is 0.723. The topological polar surface area (TPSA) is 64.0 Å². The van der Waals surface area contributed by atoms with Gasteiger partial charge in [0.25, 0.3) is 5.56 Å². The van der Waals surface area contributed by atoms with Gasteiger partial charge < -0.3 is 18.9 Å². The van der Waals surface area contributed by atoms with Gasteiger partial charge in [0.2, 0.25) is 5.91 Å². The molecule has 0 N–H and O–H groups in total. The van der Waals surface area contributed by atoms with Crippen LogP contribution >= 0.6 is 11.3 Å². The van der Waals surface area contributed by atoms with Crippen LogP contribution in [0.3, 0.4) is 0 Å². The summed E-state index contributed by atoms with van der Waals surface area (Å²) >= 11 is 1.65. The molecular formula is C26H33N3O4S. The van der Waals surface area contributed by atoms with Gasteiger partial charge in [0.05, 0.1) is 25.5 Å². The Morgan fingerprint density at radius 3 is 2.59 bits per heavy atom. The van der Waals surface area contributed by atoms with Gasteiger partial charge in [-0.05, 0) is 50.1 Å². The van der Waals surface area contributed by atoms with Crippen LogP contribution in [0.2, 0.25) is 0 Å². The molecule has 0 saturated carbocycles. The molecule has 1 aliphatic heterocycles. The number of hydrogen-bond acceptors (Lipinski definition) is 6. The van der Waals surface area contributed by atoms with Crippen molar-refractivity contribution < 1.29 is 14.3 Å². The Labute approximate surface area is 204 Å². The largest absolute Gasteiger partial charge is 0.493 e. The first-order chi connectivity index (χ1) is 16.2. The molecule has 2 aromatic heterocycles. The van der Waals surface area contributed by atoms with E-state index in [0.29, 0.717) is 11.5 Å². The lowest BCUT2D eigenvalue weighted by atomic mass is 9.89. The van der Waals surface area contributed by atoms with E-state index in [1.165, 1.54) is 0 Å². The smallest absolute Gasteiger partial charge is 0.259 e. The molecule has 0 bridgehead atoms. The number of fused-ring (bicyclic) bond motifs is 1. The van der Waals surface area contributed by atoms with E-state index in [0.717, 1.165) is 52.0 Å². The number of rotatable bonds is 6. The van der Waals surface area contributed by atoms with Gasteiger partial charge in [0.15, 0.2) is 11.5 Å². The number of likely N-dealkylation sites (tertiary alicyclic amines) is 1. The Morgan fingerprint density at radius 2 is 1.91 bits per heavy atom. The number of piperidine rings is 1. The van der Waals surface area contributed by atoms with Crippen LogP contribution in [-0.2, 0) is 18.4 Å². The van der Waals surface area contributed by atoms with Crippen LogP contribution in [0.5, 0.6) is 11.5 Å². The summed E-state index contributed by atoms with van der Waals surface area (Å²) in [7, 11) is 8.67. The van der Waals surface area contributed by atoms with E-state index < -0.39 is 0 Å².